The highest BCUT2D eigenvalue weighted by Gasteiger charge is 2.20. The highest BCUT2D eigenvalue weighted by atomic mass is 16.6. The summed E-state index contributed by atoms with van der Waals surface area (Å²) in [6.45, 7) is 0. The van der Waals surface area contributed by atoms with Crippen molar-refractivity contribution in [3.8, 4) is 0 Å². The number of anilines is 2. The van der Waals surface area contributed by atoms with Crippen molar-refractivity contribution in [1.29, 1.82) is 0 Å². The predicted octanol–water partition coefficient (Wildman–Crippen LogP) is 2.10. The van der Waals surface area contributed by atoms with Gasteiger partial charge in [-0.3, -0.25) is 10.1 Å². The number of rotatable bonds is 3. The van der Waals surface area contributed by atoms with Crippen molar-refractivity contribution in [2.45, 2.75) is 44.6 Å². The fourth-order valence-electron chi connectivity index (χ4n) is 2.25. The van der Waals surface area contributed by atoms with Gasteiger partial charge in [-0.15, -0.1) is 0 Å². The lowest BCUT2D eigenvalue weighted by molar-refractivity contribution is -0.384. The van der Waals surface area contributed by atoms with Gasteiger partial charge in [0.2, 0.25) is 11.8 Å². The molecule has 0 radical (unpaired) electrons. The molecule has 1 aromatic rings. The quantitative estimate of drug-likeness (QED) is 0.484. The van der Waals surface area contributed by atoms with Crippen molar-refractivity contribution in [3.05, 3.63) is 16.3 Å². The number of aromatic nitrogens is 2. The zero-order valence-corrected chi connectivity index (χ0v) is 10.1. The molecule has 2 rings (SSSR count). The summed E-state index contributed by atoms with van der Waals surface area (Å²) < 4.78 is 0. The predicted molar refractivity (Wildman–Crippen MR) is 68.2 cm³/mol. The molecule has 3 N–H and O–H groups in total. The molecule has 1 heterocycles. The van der Waals surface area contributed by atoms with E-state index in [0.717, 1.165) is 31.9 Å². The minimum absolute atomic E-state index is 0.0525. The maximum Gasteiger partial charge on any atom is 0.329 e. The topological polar surface area (TPSA) is 107 Å². The molecule has 1 aliphatic carbocycles. The van der Waals surface area contributed by atoms with Gasteiger partial charge in [-0.25, -0.2) is 4.98 Å². The molecule has 1 saturated carbocycles. The standard InChI is InChI=1S/C11H17N5O2/c12-11-13-7-9(16(17)18)10(15-11)14-8-5-3-1-2-4-6-8/h7-8H,1-6H2,(H3,12,13,14,15). The van der Waals surface area contributed by atoms with Crippen LogP contribution >= 0.6 is 0 Å². The first-order valence-electron chi connectivity index (χ1n) is 6.20. The minimum atomic E-state index is -0.488. The molecule has 1 aliphatic rings. The van der Waals surface area contributed by atoms with E-state index in [1.54, 1.807) is 0 Å². The Morgan fingerprint density at radius 1 is 1.33 bits per heavy atom. The Labute approximate surface area is 105 Å². The van der Waals surface area contributed by atoms with Gasteiger partial charge in [-0.1, -0.05) is 25.7 Å². The molecular weight excluding hydrogens is 234 g/mol. The number of hydrogen-bond donors (Lipinski definition) is 2. The SMILES string of the molecule is Nc1ncc([N+](=O)[O-])c(NC2CCCCCC2)n1. The maximum absolute atomic E-state index is 10.9. The normalized spacial score (nSPS) is 17.1. The van der Waals surface area contributed by atoms with Crippen molar-refractivity contribution in [1.82, 2.24) is 9.97 Å². The molecular formula is C11H17N5O2. The second kappa shape index (κ2) is 5.61. The zero-order valence-electron chi connectivity index (χ0n) is 10.1. The van der Waals surface area contributed by atoms with E-state index in [4.69, 9.17) is 5.73 Å². The Kier molecular flexibility index (Phi) is 3.91. The number of nitrogen functional groups attached to an aromatic ring is 1. The van der Waals surface area contributed by atoms with Crippen molar-refractivity contribution >= 4 is 17.5 Å². The number of nitrogens with two attached hydrogens (primary N) is 1. The number of nitrogens with one attached hydrogen (secondary N) is 1. The van der Waals surface area contributed by atoms with E-state index in [1.807, 2.05) is 0 Å². The molecule has 0 bridgehead atoms. The van der Waals surface area contributed by atoms with Gasteiger partial charge < -0.3 is 11.1 Å². The summed E-state index contributed by atoms with van der Waals surface area (Å²) in [5.74, 6) is 0.288. The average molecular weight is 251 g/mol. The lowest BCUT2D eigenvalue weighted by Crippen LogP contribution is -2.20. The smallest absolute Gasteiger partial charge is 0.329 e. The van der Waals surface area contributed by atoms with Crippen LogP contribution in [0.5, 0.6) is 0 Å². The third kappa shape index (κ3) is 3.06. The molecule has 0 aliphatic heterocycles. The second-order valence-electron chi connectivity index (χ2n) is 4.55. The summed E-state index contributed by atoms with van der Waals surface area (Å²) in [6, 6.07) is 0.237. The molecule has 0 amide bonds. The van der Waals surface area contributed by atoms with Crippen molar-refractivity contribution < 1.29 is 4.92 Å². The molecule has 1 fully saturated rings. The summed E-state index contributed by atoms with van der Waals surface area (Å²) >= 11 is 0. The summed E-state index contributed by atoms with van der Waals surface area (Å²) in [5.41, 5.74) is 5.36. The van der Waals surface area contributed by atoms with Gasteiger partial charge in [-0.05, 0) is 12.8 Å². The van der Waals surface area contributed by atoms with Crippen LogP contribution in [0.25, 0.3) is 0 Å². The van der Waals surface area contributed by atoms with Crippen LogP contribution < -0.4 is 11.1 Å². The van der Waals surface area contributed by atoms with Crippen LogP contribution in [0.2, 0.25) is 0 Å². The lowest BCUT2D eigenvalue weighted by atomic mass is 10.1. The lowest BCUT2D eigenvalue weighted by Gasteiger charge is -2.16. The summed E-state index contributed by atoms with van der Waals surface area (Å²) in [6.07, 6.45) is 7.93. The highest BCUT2D eigenvalue weighted by molar-refractivity contribution is 5.56. The highest BCUT2D eigenvalue weighted by Crippen LogP contribution is 2.26. The van der Waals surface area contributed by atoms with Crippen LogP contribution in [0.1, 0.15) is 38.5 Å². The summed E-state index contributed by atoms with van der Waals surface area (Å²) in [4.78, 5) is 18.0. The number of nitrogens with zero attached hydrogens (tertiary/aromatic N) is 3. The van der Waals surface area contributed by atoms with E-state index < -0.39 is 4.92 Å². The van der Waals surface area contributed by atoms with E-state index in [0.29, 0.717) is 0 Å². The van der Waals surface area contributed by atoms with Crippen LogP contribution in [0.15, 0.2) is 6.20 Å². The van der Waals surface area contributed by atoms with Gasteiger partial charge >= 0.3 is 5.69 Å². The first-order chi connectivity index (χ1) is 8.66. The molecule has 0 spiro atoms. The van der Waals surface area contributed by atoms with Crippen LogP contribution in [0.3, 0.4) is 0 Å². The van der Waals surface area contributed by atoms with Gasteiger partial charge in [-0.2, -0.15) is 4.98 Å². The van der Waals surface area contributed by atoms with Crippen LogP contribution in [0.4, 0.5) is 17.5 Å². The fraction of sp³-hybridized carbons (Fsp3) is 0.636. The van der Waals surface area contributed by atoms with Crippen molar-refractivity contribution in [3.63, 3.8) is 0 Å². The molecule has 0 saturated heterocycles. The Morgan fingerprint density at radius 2 is 2.00 bits per heavy atom. The van der Waals surface area contributed by atoms with E-state index in [9.17, 15) is 10.1 Å². The van der Waals surface area contributed by atoms with Gasteiger partial charge in [0.05, 0.1) is 4.92 Å². The average Bonchev–Trinajstić information content (AvgIpc) is 2.57. The van der Waals surface area contributed by atoms with Gasteiger partial charge in [0.1, 0.15) is 6.20 Å². The first-order valence-corrected chi connectivity index (χ1v) is 6.20. The summed E-state index contributed by atoms with van der Waals surface area (Å²) in [7, 11) is 0. The molecule has 0 unspecified atom stereocenters. The fourth-order valence-corrected chi connectivity index (χ4v) is 2.25. The molecule has 0 atom stereocenters. The van der Waals surface area contributed by atoms with Crippen molar-refractivity contribution in [2.75, 3.05) is 11.1 Å². The maximum atomic E-state index is 10.9. The monoisotopic (exact) mass is 251 g/mol. The molecule has 18 heavy (non-hydrogen) atoms. The Balaban J connectivity index is 2.15. The second-order valence-corrected chi connectivity index (χ2v) is 4.55. The van der Waals surface area contributed by atoms with Crippen LogP contribution in [-0.4, -0.2) is 20.9 Å². The third-order valence-electron chi connectivity index (χ3n) is 3.18. The number of hydrogen-bond acceptors (Lipinski definition) is 6. The number of nitro groups is 1. The van der Waals surface area contributed by atoms with E-state index in [-0.39, 0.29) is 23.5 Å². The largest absolute Gasteiger partial charge is 0.368 e. The molecule has 1 aromatic heterocycles. The van der Waals surface area contributed by atoms with Crippen LogP contribution in [0, 0.1) is 10.1 Å². The van der Waals surface area contributed by atoms with Gasteiger partial charge in [0.25, 0.3) is 0 Å². The molecule has 7 nitrogen and oxygen atoms in total. The van der Waals surface area contributed by atoms with E-state index >= 15 is 0 Å². The molecule has 0 aromatic carbocycles. The first kappa shape index (κ1) is 12.5. The summed E-state index contributed by atoms with van der Waals surface area (Å²) in [5, 5.41) is 14.0. The Bertz CT molecular complexity index is 429. The minimum Gasteiger partial charge on any atom is -0.368 e. The Hall–Kier alpha value is -1.92. The Morgan fingerprint density at radius 3 is 2.61 bits per heavy atom. The van der Waals surface area contributed by atoms with Crippen molar-refractivity contribution in [2.24, 2.45) is 0 Å². The molecule has 98 valence electrons. The van der Waals surface area contributed by atoms with Gasteiger partial charge in [0, 0.05) is 6.04 Å². The zero-order chi connectivity index (χ0) is 13.0. The molecule has 7 heteroatoms. The van der Waals surface area contributed by atoms with Crippen LogP contribution in [-0.2, 0) is 0 Å². The van der Waals surface area contributed by atoms with E-state index in [1.165, 1.54) is 12.8 Å². The van der Waals surface area contributed by atoms with Gasteiger partial charge in [0.15, 0.2) is 0 Å². The third-order valence-corrected chi connectivity index (χ3v) is 3.18. The van der Waals surface area contributed by atoms with E-state index in [2.05, 4.69) is 15.3 Å².